The Morgan fingerprint density at radius 1 is 1.14 bits per heavy atom. The highest BCUT2D eigenvalue weighted by Crippen LogP contribution is 2.38. The Hall–Kier alpha value is -0.990. The van der Waals surface area contributed by atoms with E-state index >= 15 is 0 Å². The molecule has 10 heteroatoms. The molecule has 7 nitrogen and oxygen atoms in total. The largest absolute Gasteiger partial charge is 0.756 e. The van der Waals surface area contributed by atoms with Crippen LogP contribution < -0.4 is 4.89 Å². The van der Waals surface area contributed by atoms with Crippen molar-refractivity contribution in [2.24, 2.45) is 0 Å². The molecule has 0 aromatic rings. The summed E-state index contributed by atoms with van der Waals surface area (Å²) >= 11 is 0. The van der Waals surface area contributed by atoms with Gasteiger partial charge >= 0.3 is 0 Å². The highest BCUT2D eigenvalue weighted by atomic mass is 31.2. The van der Waals surface area contributed by atoms with Crippen LogP contribution in [0.3, 0.4) is 0 Å². The lowest BCUT2D eigenvalue weighted by Gasteiger charge is -2.28. The zero-order chi connectivity index (χ0) is 17.1. The van der Waals surface area contributed by atoms with E-state index in [1.807, 2.05) is 21.1 Å². The van der Waals surface area contributed by atoms with Gasteiger partial charge in [-0.05, 0) is 0 Å². The van der Waals surface area contributed by atoms with Gasteiger partial charge in [-0.15, -0.1) is 0 Å². The summed E-state index contributed by atoms with van der Waals surface area (Å²) in [5.74, 6) is 0. The maximum atomic E-state index is 11.9. The maximum absolute atomic E-state index is 11.9. The minimum absolute atomic E-state index is 0.0404. The van der Waals surface area contributed by atoms with E-state index in [1.54, 1.807) is 0 Å². The molecule has 130 valence electrons. The van der Waals surface area contributed by atoms with Gasteiger partial charge in [-0.2, -0.15) is 0 Å². The van der Waals surface area contributed by atoms with Gasteiger partial charge in [-0.1, -0.05) is 0 Å². The van der Waals surface area contributed by atoms with E-state index in [0.717, 1.165) is 6.26 Å². The fourth-order valence-corrected chi connectivity index (χ4v) is 1.83. The van der Waals surface area contributed by atoms with Crippen LogP contribution in [0.4, 0.5) is 8.78 Å². The third-order valence-corrected chi connectivity index (χ3v) is 3.15. The van der Waals surface area contributed by atoms with Crippen LogP contribution in [-0.4, -0.2) is 58.1 Å². The fourth-order valence-electron chi connectivity index (χ4n) is 1.10. The number of likely N-dealkylation sites (N-methyl/N-ethyl adjacent to an activating group) is 1. The Labute approximate surface area is 128 Å². The first-order valence-electron chi connectivity index (χ1n) is 6.38. The van der Waals surface area contributed by atoms with Crippen LogP contribution in [0.15, 0.2) is 25.2 Å². The number of phosphoric ester groups is 1. The van der Waals surface area contributed by atoms with Gasteiger partial charge in [-0.3, -0.25) is 4.57 Å². The van der Waals surface area contributed by atoms with Gasteiger partial charge in [0.1, 0.15) is 44.9 Å². The second-order valence-corrected chi connectivity index (χ2v) is 6.62. The van der Waals surface area contributed by atoms with Crippen molar-refractivity contribution in [3.05, 3.63) is 25.2 Å². The zero-order valence-electron chi connectivity index (χ0n) is 12.8. The monoisotopic (exact) mass is 345 g/mol. The average molecular weight is 345 g/mol. The molecule has 0 aliphatic rings. The van der Waals surface area contributed by atoms with Crippen molar-refractivity contribution in [1.82, 2.24) is 0 Å². The maximum Gasteiger partial charge on any atom is 0.268 e. The van der Waals surface area contributed by atoms with Crippen LogP contribution >= 0.6 is 7.82 Å². The van der Waals surface area contributed by atoms with Gasteiger partial charge in [0.15, 0.2) is 6.10 Å². The molecule has 0 spiro atoms. The molecule has 0 N–H and O–H groups in total. The first-order valence-corrected chi connectivity index (χ1v) is 7.84. The SMILES string of the molecule is C[N+](C)(C)CCOP(=O)([O-])OC[C@@H](CO/C=C\F)O/C=C\F. The van der Waals surface area contributed by atoms with E-state index in [-0.39, 0.29) is 25.9 Å². The Kier molecular flexibility index (Phi) is 10.2. The van der Waals surface area contributed by atoms with Crippen molar-refractivity contribution in [1.29, 1.82) is 0 Å². The molecule has 22 heavy (non-hydrogen) atoms. The van der Waals surface area contributed by atoms with Crippen molar-refractivity contribution < 1.29 is 41.2 Å². The Bertz CT molecular complexity index is 400. The molecule has 0 saturated carbocycles. The molecule has 0 aliphatic heterocycles. The highest BCUT2D eigenvalue weighted by Gasteiger charge is 2.17. The first-order chi connectivity index (χ1) is 10.2. The van der Waals surface area contributed by atoms with Gasteiger partial charge in [0.25, 0.3) is 7.82 Å². The van der Waals surface area contributed by atoms with Crippen LogP contribution in [0.1, 0.15) is 0 Å². The summed E-state index contributed by atoms with van der Waals surface area (Å²) in [6.45, 7) is -0.273. The smallest absolute Gasteiger partial charge is 0.268 e. The third kappa shape index (κ3) is 12.7. The van der Waals surface area contributed by atoms with E-state index in [4.69, 9.17) is 4.74 Å². The molecule has 1 unspecified atom stereocenters. The Morgan fingerprint density at radius 2 is 1.77 bits per heavy atom. The predicted octanol–water partition coefficient (Wildman–Crippen LogP) is 1.48. The molecule has 0 amide bonds. The molecule has 0 rings (SSSR count). The highest BCUT2D eigenvalue weighted by molar-refractivity contribution is 7.45. The summed E-state index contributed by atoms with van der Waals surface area (Å²) in [4.78, 5) is 11.5. The summed E-state index contributed by atoms with van der Waals surface area (Å²) < 4.78 is 54.5. The molecular weight excluding hydrogens is 323 g/mol. The molecule has 0 bridgehead atoms. The van der Waals surface area contributed by atoms with Crippen molar-refractivity contribution in [2.75, 3.05) is 47.5 Å². The molecule has 0 saturated heterocycles. The number of quaternary nitrogens is 1. The fraction of sp³-hybridized carbons (Fsp3) is 0.667. The van der Waals surface area contributed by atoms with E-state index in [0.29, 0.717) is 17.3 Å². The molecule has 2 atom stereocenters. The van der Waals surface area contributed by atoms with Gasteiger partial charge in [-0.25, -0.2) is 8.78 Å². The van der Waals surface area contributed by atoms with Gasteiger partial charge < -0.3 is 27.9 Å². The molecular formula is C12H22F2NO6P. The molecule has 0 aliphatic carbocycles. The second-order valence-electron chi connectivity index (χ2n) is 5.21. The van der Waals surface area contributed by atoms with E-state index in [1.165, 1.54) is 0 Å². The van der Waals surface area contributed by atoms with Crippen LogP contribution in [0.2, 0.25) is 0 Å². The average Bonchev–Trinajstić information content (AvgIpc) is 2.39. The van der Waals surface area contributed by atoms with E-state index < -0.39 is 20.5 Å². The molecule has 0 aromatic carbocycles. The lowest BCUT2D eigenvalue weighted by atomic mass is 10.4. The topological polar surface area (TPSA) is 77.1 Å². The number of nitrogens with zero attached hydrogens (tertiary/aromatic N) is 1. The summed E-state index contributed by atoms with van der Waals surface area (Å²) in [6, 6.07) is 0. The number of rotatable bonds is 12. The summed E-state index contributed by atoms with van der Waals surface area (Å²) in [5, 5.41) is 0. The minimum Gasteiger partial charge on any atom is -0.756 e. The van der Waals surface area contributed by atoms with Crippen molar-refractivity contribution in [3.63, 3.8) is 0 Å². The van der Waals surface area contributed by atoms with E-state index in [9.17, 15) is 18.2 Å². The van der Waals surface area contributed by atoms with Crippen LogP contribution in [0, 0.1) is 0 Å². The number of phosphoric acid groups is 1. The first kappa shape index (κ1) is 21.0. The number of hydrogen-bond acceptors (Lipinski definition) is 6. The van der Waals surface area contributed by atoms with Crippen molar-refractivity contribution >= 4 is 7.82 Å². The predicted molar refractivity (Wildman–Crippen MR) is 73.7 cm³/mol. The Morgan fingerprint density at radius 3 is 2.32 bits per heavy atom. The van der Waals surface area contributed by atoms with Gasteiger partial charge in [0.05, 0.1) is 27.7 Å². The molecule has 0 fully saturated rings. The quantitative estimate of drug-likeness (QED) is 0.303. The normalized spacial score (nSPS) is 16.8. The minimum atomic E-state index is -4.51. The molecule has 0 aromatic heterocycles. The summed E-state index contributed by atoms with van der Waals surface area (Å²) in [6.07, 6.45) is 0.753. The second kappa shape index (κ2) is 10.7. The number of ether oxygens (including phenoxy) is 2. The lowest BCUT2D eigenvalue weighted by molar-refractivity contribution is -0.870. The van der Waals surface area contributed by atoms with Crippen LogP contribution in [-0.2, 0) is 23.1 Å². The standard InChI is InChI=1S/C12H22F2NO6P/c1-15(2,3)6-9-20-22(16,17)21-11-12(19-8-5-14)10-18-7-4-13/h4-5,7-8,12H,6,9-11H2,1-3H3/b7-4-,8-5-/t12-/m1/s1. The Balaban J connectivity index is 4.26. The lowest BCUT2D eigenvalue weighted by Crippen LogP contribution is -2.37. The number of hydrogen-bond donors (Lipinski definition) is 0. The molecule has 0 heterocycles. The van der Waals surface area contributed by atoms with Gasteiger partial charge in [0.2, 0.25) is 0 Å². The zero-order valence-corrected chi connectivity index (χ0v) is 13.7. The van der Waals surface area contributed by atoms with Crippen LogP contribution in [0.5, 0.6) is 0 Å². The van der Waals surface area contributed by atoms with Gasteiger partial charge in [0, 0.05) is 0 Å². The van der Waals surface area contributed by atoms with Crippen LogP contribution in [0.25, 0.3) is 0 Å². The summed E-state index contributed by atoms with van der Waals surface area (Å²) in [5.41, 5.74) is 0. The van der Waals surface area contributed by atoms with Crippen molar-refractivity contribution in [2.45, 2.75) is 6.10 Å². The summed E-state index contributed by atoms with van der Waals surface area (Å²) in [7, 11) is 1.12. The number of halogens is 2. The van der Waals surface area contributed by atoms with E-state index in [2.05, 4.69) is 13.8 Å². The molecule has 0 radical (unpaired) electrons. The van der Waals surface area contributed by atoms with Crippen molar-refractivity contribution in [3.8, 4) is 0 Å². The third-order valence-electron chi connectivity index (χ3n) is 2.18.